The van der Waals surface area contributed by atoms with E-state index in [0.717, 1.165) is 31.1 Å². The Hall–Kier alpha value is -2.01. The maximum atomic E-state index is 5.72. The van der Waals surface area contributed by atoms with Crippen molar-refractivity contribution < 1.29 is 9.47 Å². The quantitative estimate of drug-likeness (QED) is 0.810. The molecule has 0 atom stereocenters. The van der Waals surface area contributed by atoms with Gasteiger partial charge in [0.25, 0.3) is 0 Å². The number of hydrogen-bond donors (Lipinski definition) is 1. The van der Waals surface area contributed by atoms with E-state index in [1.54, 1.807) is 7.11 Å². The zero-order valence-electron chi connectivity index (χ0n) is 12.9. The van der Waals surface area contributed by atoms with Gasteiger partial charge in [0.05, 0.1) is 19.9 Å². The van der Waals surface area contributed by atoms with Crippen molar-refractivity contribution in [1.82, 2.24) is 15.1 Å². The third-order valence-corrected chi connectivity index (χ3v) is 3.40. The molecular formula is C16H23N3O2. The van der Waals surface area contributed by atoms with E-state index < -0.39 is 0 Å². The molecule has 0 saturated heterocycles. The van der Waals surface area contributed by atoms with Crippen LogP contribution in [0.4, 0.5) is 0 Å². The summed E-state index contributed by atoms with van der Waals surface area (Å²) in [6.07, 6.45) is 1.92. The highest BCUT2D eigenvalue weighted by Crippen LogP contribution is 2.17. The topological polar surface area (TPSA) is 48.3 Å². The van der Waals surface area contributed by atoms with Crippen molar-refractivity contribution >= 4 is 0 Å². The zero-order valence-corrected chi connectivity index (χ0v) is 12.9. The van der Waals surface area contributed by atoms with E-state index >= 15 is 0 Å². The molecule has 0 bridgehead atoms. The number of nitrogens with zero attached hydrogens (tertiary/aromatic N) is 2. The molecule has 114 valence electrons. The van der Waals surface area contributed by atoms with Gasteiger partial charge in [0.1, 0.15) is 18.1 Å². The standard InChI is InChI=1S/C16H23N3O2/c1-4-17-11-14-12-18-19(13(14)2)9-10-21-16-7-5-15(20-3)6-8-16/h5-8,12,17H,4,9-11H2,1-3H3. The lowest BCUT2D eigenvalue weighted by Gasteiger charge is -2.09. The minimum atomic E-state index is 0.593. The molecule has 1 aromatic carbocycles. The van der Waals surface area contributed by atoms with Crippen LogP contribution in [0.1, 0.15) is 18.2 Å². The van der Waals surface area contributed by atoms with Gasteiger partial charge in [0.2, 0.25) is 0 Å². The first-order chi connectivity index (χ1) is 10.2. The SMILES string of the molecule is CCNCc1cnn(CCOc2ccc(OC)cc2)c1C. The van der Waals surface area contributed by atoms with Gasteiger partial charge in [-0.2, -0.15) is 5.10 Å². The summed E-state index contributed by atoms with van der Waals surface area (Å²) >= 11 is 0. The summed E-state index contributed by atoms with van der Waals surface area (Å²) in [7, 11) is 1.65. The normalized spacial score (nSPS) is 10.6. The molecule has 0 spiro atoms. The molecule has 5 nitrogen and oxygen atoms in total. The van der Waals surface area contributed by atoms with E-state index in [1.807, 2.05) is 35.1 Å². The molecule has 1 N–H and O–H groups in total. The van der Waals surface area contributed by atoms with Crippen molar-refractivity contribution in [1.29, 1.82) is 0 Å². The average Bonchev–Trinajstić information content (AvgIpc) is 2.86. The van der Waals surface area contributed by atoms with Crippen molar-refractivity contribution in [2.45, 2.75) is 26.9 Å². The second-order valence-corrected chi connectivity index (χ2v) is 4.78. The number of aromatic nitrogens is 2. The molecule has 0 fully saturated rings. The van der Waals surface area contributed by atoms with Crippen LogP contribution in [0, 0.1) is 6.92 Å². The molecule has 0 amide bonds. The van der Waals surface area contributed by atoms with Crippen LogP contribution in [-0.2, 0) is 13.1 Å². The maximum absolute atomic E-state index is 5.72. The highest BCUT2D eigenvalue weighted by atomic mass is 16.5. The van der Waals surface area contributed by atoms with Crippen molar-refractivity contribution in [3.05, 3.63) is 41.7 Å². The third kappa shape index (κ3) is 4.23. The van der Waals surface area contributed by atoms with Gasteiger partial charge in [-0.15, -0.1) is 0 Å². The Labute approximate surface area is 125 Å². The summed E-state index contributed by atoms with van der Waals surface area (Å²) in [6.45, 7) is 7.35. The molecule has 5 heteroatoms. The second kappa shape index (κ2) is 7.69. The van der Waals surface area contributed by atoms with Gasteiger partial charge < -0.3 is 14.8 Å². The van der Waals surface area contributed by atoms with Gasteiger partial charge in [-0.1, -0.05) is 6.92 Å². The first-order valence-corrected chi connectivity index (χ1v) is 7.23. The molecule has 2 aromatic rings. The molecule has 1 aromatic heterocycles. The van der Waals surface area contributed by atoms with E-state index in [0.29, 0.717) is 6.61 Å². The fourth-order valence-electron chi connectivity index (χ4n) is 2.07. The van der Waals surface area contributed by atoms with Crippen LogP contribution in [0.25, 0.3) is 0 Å². The first kappa shape index (κ1) is 15.4. The lowest BCUT2D eigenvalue weighted by Crippen LogP contribution is -2.14. The van der Waals surface area contributed by atoms with Crippen molar-refractivity contribution in [3.8, 4) is 11.5 Å². The van der Waals surface area contributed by atoms with Gasteiger partial charge in [-0.25, -0.2) is 0 Å². The molecule has 0 aliphatic carbocycles. The van der Waals surface area contributed by atoms with Gasteiger partial charge >= 0.3 is 0 Å². The summed E-state index contributed by atoms with van der Waals surface area (Å²) in [6, 6.07) is 7.60. The van der Waals surface area contributed by atoms with Crippen LogP contribution < -0.4 is 14.8 Å². The van der Waals surface area contributed by atoms with Gasteiger partial charge in [0.15, 0.2) is 0 Å². The van der Waals surface area contributed by atoms with E-state index in [1.165, 1.54) is 11.3 Å². The number of nitrogens with one attached hydrogen (secondary N) is 1. The highest BCUT2D eigenvalue weighted by Gasteiger charge is 2.05. The molecule has 0 saturated carbocycles. The van der Waals surface area contributed by atoms with Crippen LogP contribution in [0.3, 0.4) is 0 Å². The largest absolute Gasteiger partial charge is 0.497 e. The lowest BCUT2D eigenvalue weighted by molar-refractivity contribution is 0.289. The van der Waals surface area contributed by atoms with Crippen molar-refractivity contribution in [2.24, 2.45) is 0 Å². The first-order valence-electron chi connectivity index (χ1n) is 7.23. The second-order valence-electron chi connectivity index (χ2n) is 4.78. The smallest absolute Gasteiger partial charge is 0.119 e. The monoisotopic (exact) mass is 289 g/mol. The predicted octanol–water partition coefficient (Wildman–Crippen LogP) is 2.39. The van der Waals surface area contributed by atoms with E-state index in [-0.39, 0.29) is 0 Å². The number of ether oxygens (including phenoxy) is 2. The zero-order chi connectivity index (χ0) is 15.1. The molecule has 1 heterocycles. The number of methoxy groups -OCH3 is 1. The average molecular weight is 289 g/mol. The lowest BCUT2D eigenvalue weighted by atomic mass is 10.2. The number of rotatable bonds is 8. The highest BCUT2D eigenvalue weighted by molar-refractivity contribution is 5.31. The molecule has 2 rings (SSSR count). The molecule has 0 unspecified atom stereocenters. The molecular weight excluding hydrogens is 266 g/mol. The summed E-state index contributed by atoms with van der Waals surface area (Å²) in [5.74, 6) is 1.67. The number of benzene rings is 1. The molecule has 21 heavy (non-hydrogen) atoms. The predicted molar refractivity (Wildman–Crippen MR) is 82.8 cm³/mol. The van der Waals surface area contributed by atoms with Crippen LogP contribution in [0.2, 0.25) is 0 Å². The summed E-state index contributed by atoms with van der Waals surface area (Å²) in [5.41, 5.74) is 2.43. The summed E-state index contributed by atoms with van der Waals surface area (Å²) in [4.78, 5) is 0. The Balaban J connectivity index is 1.83. The summed E-state index contributed by atoms with van der Waals surface area (Å²) in [5, 5.41) is 7.72. The Morgan fingerprint density at radius 3 is 2.57 bits per heavy atom. The molecule has 0 aliphatic heterocycles. The van der Waals surface area contributed by atoms with Gasteiger partial charge in [0, 0.05) is 17.8 Å². The third-order valence-electron chi connectivity index (χ3n) is 3.40. The van der Waals surface area contributed by atoms with Crippen LogP contribution >= 0.6 is 0 Å². The van der Waals surface area contributed by atoms with Crippen LogP contribution in [-0.4, -0.2) is 30.0 Å². The Kier molecular flexibility index (Phi) is 5.63. The van der Waals surface area contributed by atoms with Crippen molar-refractivity contribution in [3.63, 3.8) is 0 Å². The van der Waals surface area contributed by atoms with Crippen LogP contribution in [0.5, 0.6) is 11.5 Å². The summed E-state index contributed by atoms with van der Waals surface area (Å²) < 4.78 is 12.8. The maximum Gasteiger partial charge on any atom is 0.119 e. The van der Waals surface area contributed by atoms with Crippen LogP contribution in [0.15, 0.2) is 30.5 Å². The fraction of sp³-hybridized carbons (Fsp3) is 0.438. The van der Waals surface area contributed by atoms with E-state index in [9.17, 15) is 0 Å². The minimum absolute atomic E-state index is 0.593. The Morgan fingerprint density at radius 2 is 1.90 bits per heavy atom. The Morgan fingerprint density at radius 1 is 1.19 bits per heavy atom. The van der Waals surface area contributed by atoms with E-state index in [2.05, 4.69) is 24.3 Å². The van der Waals surface area contributed by atoms with Crippen molar-refractivity contribution in [2.75, 3.05) is 20.3 Å². The number of hydrogen-bond acceptors (Lipinski definition) is 4. The fourth-order valence-corrected chi connectivity index (χ4v) is 2.07. The minimum Gasteiger partial charge on any atom is -0.497 e. The van der Waals surface area contributed by atoms with Gasteiger partial charge in [-0.3, -0.25) is 4.68 Å². The van der Waals surface area contributed by atoms with E-state index in [4.69, 9.17) is 9.47 Å². The molecule has 0 radical (unpaired) electrons. The van der Waals surface area contributed by atoms with Gasteiger partial charge in [-0.05, 0) is 37.7 Å². The Bertz CT molecular complexity index is 549. The molecule has 0 aliphatic rings.